The lowest BCUT2D eigenvalue weighted by Gasteiger charge is -2.05. The molecule has 3 nitrogen and oxygen atoms in total. The van der Waals surface area contributed by atoms with Gasteiger partial charge in [0, 0.05) is 31.9 Å². The minimum Gasteiger partial charge on any atom is -0.307 e. The summed E-state index contributed by atoms with van der Waals surface area (Å²) in [6, 6.07) is 8.36. The molecular weight excluding hydrogens is 236 g/mol. The summed E-state index contributed by atoms with van der Waals surface area (Å²) >= 11 is 0. The lowest BCUT2D eigenvalue weighted by molar-refractivity contribution is 0.151. The molecule has 2 aromatic rings. The van der Waals surface area contributed by atoms with E-state index in [-0.39, 0.29) is 5.56 Å². The highest BCUT2D eigenvalue weighted by atomic mass is 19.3. The van der Waals surface area contributed by atoms with E-state index < -0.39 is 6.43 Å². The fraction of sp³-hybridized carbons (Fsp3) is 0.308. The highest BCUT2D eigenvalue weighted by molar-refractivity contribution is 5.24. The van der Waals surface area contributed by atoms with E-state index in [1.807, 2.05) is 25.4 Å². The van der Waals surface area contributed by atoms with Crippen molar-refractivity contribution in [1.82, 2.24) is 15.1 Å². The molecule has 5 heteroatoms. The van der Waals surface area contributed by atoms with Crippen molar-refractivity contribution in [2.24, 2.45) is 7.05 Å². The Balaban J connectivity index is 1.88. The van der Waals surface area contributed by atoms with Crippen LogP contribution in [-0.2, 0) is 20.1 Å². The first-order valence-electron chi connectivity index (χ1n) is 5.71. The number of aromatic nitrogens is 2. The Kier molecular flexibility index (Phi) is 4.04. The molecule has 0 atom stereocenters. The van der Waals surface area contributed by atoms with Crippen LogP contribution in [0.25, 0.3) is 0 Å². The van der Waals surface area contributed by atoms with E-state index >= 15 is 0 Å². The smallest absolute Gasteiger partial charge is 0.263 e. The molecule has 1 heterocycles. The van der Waals surface area contributed by atoms with Crippen molar-refractivity contribution in [2.45, 2.75) is 19.5 Å². The van der Waals surface area contributed by atoms with E-state index in [4.69, 9.17) is 0 Å². The Morgan fingerprint density at radius 3 is 2.78 bits per heavy atom. The molecule has 0 aliphatic carbocycles. The summed E-state index contributed by atoms with van der Waals surface area (Å²) in [5, 5.41) is 7.40. The molecule has 0 amide bonds. The summed E-state index contributed by atoms with van der Waals surface area (Å²) < 4.78 is 26.7. The largest absolute Gasteiger partial charge is 0.307 e. The van der Waals surface area contributed by atoms with Crippen LogP contribution >= 0.6 is 0 Å². The number of benzene rings is 1. The van der Waals surface area contributed by atoms with E-state index in [1.165, 1.54) is 12.1 Å². The molecule has 96 valence electrons. The van der Waals surface area contributed by atoms with Gasteiger partial charge in [0.1, 0.15) is 0 Å². The second-order valence-corrected chi connectivity index (χ2v) is 4.13. The lowest BCUT2D eigenvalue weighted by Crippen LogP contribution is -2.13. The van der Waals surface area contributed by atoms with E-state index in [1.54, 1.807) is 10.7 Å². The van der Waals surface area contributed by atoms with Crippen LogP contribution in [0, 0.1) is 0 Å². The molecule has 0 saturated carbocycles. The van der Waals surface area contributed by atoms with Gasteiger partial charge in [0.2, 0.25) is 0 Å². The van der Waals surface area contributed by atoms with Gasteiger partial charge in [-0.25, -0.2) is 8.78 Å². The number of hydrogen-bond donors (Lipinski definition) is 1. The van der Waals surface area contributed by atoms with Gasteiger partial charge in [-0.2, -0.15) is 5.10 Å². The molecule has 1 aromatic carbocycles. The molecule has 0 aliphatic heterocycles. The Labute approximate surface area is 104 Å². The number of rotatable bonds is 5. The first-order chi connectivity index (χ1) is 8.65. The van der Waals surface area contributed by atoms with Gasteiger partial charge in [0.05, 0.1) is 5.69 Å². The Hall–Kier alpha value is -1.75. The lowest BCUT2D eigenvalue weighted by atomic mass is 10.1. The second-order valence-electron chi connectivity index (χ2n) is 4.13. The van der Waals surface area contributed by atoms with E-state index in [9.17, 15) is 8.78 Å². The van der Waals surface area contributed by atoms with Crippen molar-refractivity contribution in [3.05, 3.63) is 53.3 Å². The van der Waals surface area contributed by atoms with Gasteiger partial charge in [-0.05, 0) is 17.7 Å². The molecule has 1 aromatic heterocycles. The van der Waals surface area contributed by atoms with Crippen molar-refractivity contribution in [2.75, 3.05) is 0 Å². The predicted molar refractivity (Wildman–Crippen MR) is 65.2 cm³/mol. The Morgan fingerprint density at radius 2 is 2.11 bits per heavy atom. The zero-order valence-corrected chi connectivity index (χ0v) is 10.1. The van der Waals surface area contributed by atoms with Crippen molar-refractivity contribution >= 4 is 0 Å². The zero-order chi connectivity index (χ0) is 13.0. The monoisotopic (exact) mass is 251 g/mol. The van der Waals surface area contributed by atoms with E-state index in [0.717, 1.165) is 11.3 Å². The second kappa shape index (κ2) is 5.73. The first-order valence-corrected chi connectivity index (χ1v) is 5.71. The van der Waals surface area contributed by atoms with Crippen LogP contribution in [0.2, 0.25) is 0 Å². The molecule has 0 spiro atoms. The first kappa shape index (κ1) is 12.7. The molecular formula is C13H15F2N3. The average molecular weight is 251 g/mol. The molecule has 0 bridgehead atoms. The highest BCUT2D eigenvalue weighted by Gasteiger charge is 2.06. The van der Waals surface area contributed by atoms with Crippen LogP contribution in [0.1, 0.15) is 23.2 Å². The number of alkyl halides is 2. The van der Waals surface area contributed by atoms with Crippen LogP contribution in [0.4, 0.5) is 8.78 Å². The van der Waals surface area contributed by atoms with Crippen LogP contribution in [0.5, 0.6) is 0 Å². The van der Waals surface area contributed by atoms with Crippen LogP contribution < -0.4 is 5.32 Å². The summed E-state index contributed by atoms with van der Waals surface area (Å²) in [6.07, 6.45) is -0.547. The Bertz CT molecular complexity index is 508. The molecule has 2 rings (SSSR count). The van der Waals surface area contributed by atoms with E-state index in [2.05, 4.69) is 10.4 Å². The standard InChI is InChI=1S/C13H15F2N3/c1-18-6-5-12(17-18)9-16-8-10-3-2-4-11(7-10)13(14)15/h2-7,13,16H,8-9H2,1H3. The third kappa shape index (κ3) is 3.37. The summed E-state index contributed by atoms with van der Waals surface area (Å²) in [6.45, 7) is 1.18. The average Bonchev–Trinajstić information content (AvgIpc) is 2.75. The molecule has 0 unspecified atom stereocenters. The molecule has 18 heavy (non-hydrogen) atoms. The third-order valence-electron chi connectivity index (χ3n) is 2.61. The maximum absolute atomic E-state index is 12.5. The van der Waals surface area contributed by atoms with Crippen molar-refractivity contribution in [1.29, 1.82) is 0 Å². The topological polar surface area (TPSA) is 29.9 Å². The molecule has 0 radical (unpaired) electrons. The van der Waals surface area contributed by atoms with Crippen LogP contribution in [0.15, 0.2) is 36.5 Å². The normalized spacial score (nSPS) is 11.1. The number of hydrogen-bond acceptors (Lipinski definition) is 2. The Morgan fingerprint density at radius 1 is 1.28 bits per heavy atom. The molecule has 0 aliphatic rings. The maximum atomic E-state index is 12.5. The minimum absolute atomic E-state index is 0.0622. The van der Waals surface area contributed by atoms with Gasteiger partial charge in [-0.1, -0.05) is 18.2 Å². The summed E-state index contributed by atoms with van der Waals surface area (Å²) in [4.78, 5) is 0. The van der Waals surface area contributed by atoms with Gasteiger partial charge < -0.3 is 5.32 Å². The van der Waals surface area contributed by atoms with Crippen LogP contribution in [-0.4, -0.2) is 9.78 Å². The number of nitrogens with one attached hydrogen (secondary N) is 1. The fourth-order valence-electron chi connectivity index (χ4n) is 1.73. The van der Waals surface area contributed by atoms with Gasteiger partial charge >= 0.3 is 0 Å². The summed E-state index contributed by atoms with van der Waals surface area (Å²) in [5.74, 6) is 0. The number of nitrogens with zero attached hydrogens (tertiary/aromatic N) is 2. The van der Waals surface area contributed by atoms with Gasteiger partial charge in [-0.15, -0.1) is 0 Å². The minimum atomic E-state index is -2.42. The fourth-order valence-corrected chi connectivity index (χ4v) is 1.73. The SMILES string of the molecule is Cn1ccc(CNCc2cccc(C(F)F)c2)n1. The van der Waals surface area contributed by atoms with Crippen LogP contribution in [0.3, 0.4) is 0 Å². The maximum Gasteiger partial charge on any atom is 0.263 e. The van der Waals surface area contributed by atoms with Gasteiger partial charge in [0.25, 0.3) is 6.43 Å². The highest BCUT2D eigenvalue weighted by Crippen LogP contribution is 2.19. The zero-order valence-electron chi connectivity index (χ0n) is 10.1. The molecule has 1 N–H and O–H groups in total. The van der Waals surface area contributed by atoms with Gasteiger partial charge in [-0.3, -0.25) is 4.68 Å². The molecule has 0 saturated heterocycles. The summed E-state index contributed by atoms with van der Waals surface area (Å²) in [7, 11) is 1.86. The number of aryl methyl sites for hydroxylation is 1. The quantitative estimate of drug-likeness (QED) is 0.885. The summed E-state index contributed by atoms with van der Waals surface area (Å²) in [5.41, 5.74) is 1.85. The predicted octanol–water partition coefficient (Wildman–Crippen LogP) is 2.65. The molecule has 0 fully saturated rings. The number of halogens is 2. The van der Waals surface area contributed by atoms with Crippen molar-refractivity contribution < 1.29 is 8.78 Å². The third-order valence-corrected chi connectivity index (χ3v) is 2.61. The van der Waals surface area contributed by atoms with Crippen molar-refractivity contribution in [3.8, 4) is 0 Å². The van der Waals surface area contributed by atoms with Gasteiger partial charge in [0.15, 0.2) is 0 Å². The van der Waals surface area contributed by atoms with Crippen molar-refractivity contribution in [3.63, 3.8) is 0 Å². The van der Waals surface area contributed by atoms with E-state index in [0.29, 0.717) is 13.1 Å².